The van der Waals surface area contributed by atoms with Gasteiger partial charge in [0.25, 0.3) is 5.91 Å². The number of rotatable bonds is 6. The number of hydrogen-bond donors (Lipinski definition) is 0. The van der Waals surface area contributed by atoms with Crippen LogP contribution < -0.4 is 10.4 Å². The molecule has 2 heterocycles. The lowest BCUT2D eigenvalue weighted by Gasteiger charge is -2.38. The Morgan fingerprint density at radius 2 is 1.66 bits per heavy atom. The molecular formula is C31H44BNO4Si. The summed E-state index contributed by atoms with van der Waals surface area (Å²) in [5.41, 5.74) is 4.65. The average molecular weight is 534 g/mol. The molecule has 0 atom stereocenters. The zero-order chi connectivity index (χ0) is 27.7. The summed E-state index contributed by atoms with van der Waals surface area (Å²) >= 11 is 0. The number of carbonyl (C=O) groups excluding carboxylic acids is 1. The standard InChI is InChI=1S/C31H44BNO4Si/c1-28(2,3)38-37-29(4,5)26-24(32-35-30(6,7)31(8,9)36-32)11-10-12-25(26)33-18-17-22-19-21(20-13-14-20)15-16-23(22)27(33)34/h10-12,15-16,19-20H,13-14,17-18,38H2,1-9H3. The second kappa shape index (κ2) is 9.33. The summed E-state index contributed by atoms with van der Waals surface area (Å²) in [6.07, 6.45) is 3.38. The van der Waals surface area contributed by atoms with Crippen LogP contribution in [0.25, 0.3) is 0 Å². The summed E-state index contributed by atoms with van der Waals surface area (Å²) in [7, 11) is -1.42. The van der Waals surface area contributed by atoms with Gasteiger partial charge in [-0.1, -0.05) is 45.0 Å². The van der Waals surface area contributed by atoms with Crippen molar-refractivity contribution in [2.24, 2.45) is 0 Å². The van der Waals surface area contributed by atoms with Gasteiger partial charge < -0.3 is 18.6 Å². The molecule has 1 saturated heterocycles. The Balaban J connectivity index is 1.58. The molecule has 7 heteroatoms. The van der Waals surface area contributed by atoms with Gasteiger partial charge in [-0.2, -0.15) is 0 Å². The van der Waals surface area contributed by atoms with Crippen molar-refractivity contribution >= 4 is 33.9 Å². The maximum atomic E-state index is 14.0. The molecule has 2 aromatic rings. The van der Waals surface area contributed by atoms with Gasteiger partial charge in [0.05, 0.1) is 16.8 Å². The van der Waals surface area contributed by atoms with E-state index < -0.39 is 33.7 Å². The van der Waals surface area contributed by atoms with Crippen molar-refractivity contribution in [2.45, 2.75) is 109 Å². The Morgan fingerprint density at radius 3 is 2.26 bits per heavy atom. The van der Waals surface area contributed by atoms with Gasteiger partial charge in [-0.3, -0.25) is 4.79 Å². The van der Waals surface area contributed by atoms with E-state index in [4.69, 9.17) is 13.7 Å². The zero-order valence-corrected chi connectivity index (χ0v) is 26.1. The van der Waals surface area contributed by atoms with Crippen molar-refractivity contribution in [1.29, 1.82) is 0 Å². The number of benzene rings is 2. The first kappa shape index (κ1) is 27.6. The van der Waals surface area contributed by atoms with Crippen LogP contribution in [0.2, 0.25) is 5.04 Å². The molecule has 0 aromatic heterocycles. The molecule has 2 fully saturated rings. The predicted octanol–water partition coefficient (Wildman–Crippen LogP) is 5.62. The first-order valence-electron chi connectivity index (χ1n) is 14.2. The smallest absolute Gasteiger partial charge is 0.414 e. The maximum Gasteiger partial charge on any atom is 0.495 e. The second-order valence-corrected chi connectivity index (χ2v) is 16.8. The fourth-order valence-corrected chi connectivity index (χ4v) is 6.42. The van der Waals surface area contributed by atoms with Crippen LogP contribution in [0.5, 0.6) is 0 Å². The third-order valence-corrected chi connectivity index (χ3v) is 10.3. The number of amides is 1. The molecule has 38 heavy (non-hydrogen) atoms. The summed E-state index contributed by atoms with van der Waals surface area (Å²) in [6.45, 7) is 19.9. The van der Waals surface area contributed by atoms with Gasteiger partial charge in [-0.25, -0.2) is 0 Å². The Morgan fingerprint density at radius 1 is 1.00 bits per heavy atom. The van der Waals surface area contributed by atoms with Gasteiger partial charge in [0.2, 0.25) is 0 Å². The highest BCUT2D eigenvalue weighted by Gasteiger charge is 2.53. The van der Waals surface area contributed by atoms with Crippen LogP contribution in [0.4, 0.5) is 5.69 Å². The monoisotopic (exact) mass is 533 g/mol. The van der Waals surface area contributed by atoms with Crippen LogP contribution in [-0.2, 0) is 25.8 Å². The summed E-state index contributed by atoms with van der Waals surface area (Å²) in [5.74, 6) is 0.742. The van der Waals surface area contributed by atoms with E-state index in [1.54, 1.807) is 0 Å². The molecule has 0 radical (unpaired) electrons. The maximum absolute atomic E-state index is 14.0. The zero-order valence-electron chi connectivity index (χ0n) is 24.7. The molecule has 2 aromatic carbocycles. The van der Waals surface area contributed by atoms with E-state index in [-0.39, 0.29) is 10.9 Å². The van der Waals surface area contributed by atoms with E-state index in [2.05, 4.69) is 86.6 Å². The van der Waals surface area contributed by atoms with Gasteiger partial charge >= 0.3 is 7.12 Å². The van der Waals surface area contributed by atoms with Gasteiger partial charge in [0.15, 0.2) is 9.76 Å². The van der Waals surface area contributed by atoms with Gasteiger partial charge in [0, 0.05) is 23.4 Å². The SMILES string of the molecule is CC(C)(C)[SiH2]OC(C)(C)c1c(B2OC(C)(C)C(C)(C)O2)cccc1N1CCc2cc(C3CC3)ccc2C1=O. The summed E-state index contributed by atoms with van der Waals surface area (Å²) in [4.78, 5) is 15.9. The normalized spacial score (nSPS) is 21.4. The van der Waals surface area contributed by atoms with Gasteiger partial charge in [-0.05, 0) is 100 Å². The second-order valence-electron chi connectivity index (χ2n) is 14.1. The first-order chi connectivity index (χ1) is 17.6. The van der Waals surface area contributed by atoms with Crippen molar-refractivity contribution in [3.8, 4) is 0 Å². The molecule has 2 aliphatic heterocycles. The molecule has 0 spiro atoms. The quantitative estimate of drug-likeness (QED) is 0.453. The van der Waals surface area contributed by atoms with Crippen LogP contribution in [0.1, 0.15) is 108 Å². The van der Waals surface area contributed by atoms with E-state index in [1.807, 2.05) is 17.0 Å². The lowest BCUT2D eigenvalue weighted by Crippen LogP contribution is -2.46. The van der Waals surface area contributed by atoms with Crippen molar-refractivity contribution in [3.63, 3.8) is 0 Å². The van der Waals surface area contributed by atoms with E-state index in [1.165, 1.54) is 24.0 Å². The van der Waals surface area contributed by atoms with Crippen molar-refractivity contribution in [3.05, 3.63) is 58.7 Å². The first-order valence-corrected chi connectivity index (χ1v) is 15.5. The molecule has 5 nitrogen and oxygen atoms in total. The minimum absolute atomic E-state index is 0.0600. The van der Waals surface area contributed by atoms with E-state index >= 15 is 0 Å². The lowest BCUT2D eigenvalue weighted by molar-refractivity contribution is 0.00578. The third-order valence-electron chi connectivity index (χ3n) is 8.60. The highest BCUT2D eigenvalue weighted by molar-refractivity contribution is 6.63. The van der Waals surface area contributed by atoms with Crippen LogP contribution in [0.15, 0.2) is 36.4 Å². The van der Waals surface area contributed by atoms with Crippen LogP contribution >= 0.6 is 0 Å². The fraction of sp³-hybridized carbons (Fsp3) is 0.581. The lowest BCUT2D eigenvalue weighted by atomic mass is 9.71. The van der Waals surface area contributed by atoms with Crippen molar-refractivity contribution in [2.75, 3.05) is 11.4 Å². The predicted molar refractivity (Wildman–Crippen MR) is 158 cm³/mol. The number of hydrogen-bond acceptors (Lipinski definition) is 4. The largest absolute Gasteiger partial charge is 0.495 e. The van der Waals surface area contributed by atoms with Gasteiger partial charge in [-0.15, -0.1) is 0 Å². The molecule has 1 saturated carbocycles. The molecule has 1 amide bonds. The Kier molecular flexibility index (Phi) is 6.78. The molecule has 0 unspecified atom stereocenters. The van der Waals surface area contributed by atoms with E-state index in [0.717, 1.165) is 28.7 Å². The van der Waals surface area contributed by atoms with E-state index in [9.17, 15) is 4.79 Å². The van der Waals surface area contributed by atoms with Gasteiger partial charge in [0.1, 0.15) is 0 Å². The fourth-order valence-electron chi connectivity index (χ4n) is 5.48. The highest BCUT2D eigenvalue weighted by Crippen LogP contribution is 2.43. The molecule has 204 valence electrons. The molecule has 0 N–H and O–H groups in total. The topological polar surface area (TPSA) is 48.0 Å². The van der Waals surface area contributed by atoms with E-state index in [0.29, 0.717) is 12.5 Å². The molecule has 1 aliphatic carbocycles. The van der Waals surface area contributed by atoms with Crippen molar-refractivity contribution in [1.82, 2.24) is 0 Å². The molecule has 5 rings (SSSR count). The van der Waals surface area contributed by atoms with Crippen LogP contribution in [-0.4, -0.2) is 40.5 Å². The Labute approximate surface area is 231 Å². The summed E-state index contributed by atoms with van der Waals surface area (Å²) in [5, 5.41) is 0.135. The minimum Gasteiger partial charge on any atom is -0.414 e. The van der Waals surface area contributed by atoms with Crippen LogP contribution in [0.3, 0.4) is 0 Å². The number of carbonyl (C=O) groups is 1. The summed E-state index contributed by atoms with van der Waals surface area (Å²) < 4.78 is 19.8. The number of anilines is 1. The number of nitrogens with zero attached hydrogens (tertiary/aromatic N) is 1. The highest BCUT2D eigenvalue weighted by atomic mass is 28.2. The molecule has 0 bridgehead atoms. The summed E-state index contributed by atoms with van der Waals surface area (Å²) in [6, 6.07) is 12.6. The molecule has 3 aliphatic rings. The number of fused-ring (bicyclic) bond motifs is 1. The van der Waals surface area contributed by atoms with Crippen LogP contribution in [0, 0.1) is 0 Å². The average Bonchev–Trinajstić information content (AvgIpc) is 3.64. The Bertz CT molecular complexity index is 1230. The minimum atomic E-state index is -0.877. The Hall–Kier alpha value is -1.93. The third kappa shape index (κ3) is 5.15. The van der Waals surface area contributed by atoms with Crippen molar-refractivity contribution < 1.29 is 18.5 Å². The molecular weight excluding hydrogens is 489 g/mol.